The molecule has 1 N–H and O–H groups in total. The van der Waals surface area contributed by atoms with Crippen LogP contribution >= 0.6 is 11.6 Å². The van der Waals surface area contributed by atoms with Crippen molar-refractivity contribution in [3.05, 3.63) is 64.4 Å². The van der Waals surface area contributed by atoms with E-state index in [-0.39, 0.29) is 12.4 Å². The highest BCUT2D eigenvalue weighted by Crippen LogP contribution is 2.22. The summed E-state index contributed by atoms with van der Waals surface area (Å²) in [5.41, 5.74) is 1.59. The molecular weight excluding hydrogens is 279 g/mol. The number of ether oxygens (including phenoxy) is 1. The summed E-state index contributed by atoms with van der Waals surface area (Å²) in [6.45, 7) is 2.19. The lowest BCUT2D eigenvalue weighted by molar-refractivity contribution is 0.173. The third kappa shape index (κ3) is 3.71. The van der Waals surface area contributed by atoms with E-state index in [0.717, 1.165) is 11.1 Å². The molecule has 2 aromatic rings. The van der Waals surface area contributed by atoms with Crippen molar-refractivity contribution in [1.82, 2.24) is 0 Å². The SMILES string of the molecule is CC[C@@H](O)c1ccc(OCc2ccc(F)cc2Cl)cc1. The molecule has 0 fully saturated rings. The van der Waals surface area contributed by atoms with Gasteiger partial charge in [-0.05, 0) is 36.2 Å². The fraction of sp³-hybridized carbons (Fsp3) is 0.250. The molecule has 0 amide bonds. The molecular formula is C16H16ClFO2. The molecule has 0 aliphatic carbocycles. The minimum absolute atomic E-state index is 0.273. The summed E-state index contributed by atoms with van der Waals surface area (Å²) in [5, 5.41) is 10.0. The summed E-state index contributed by atoms with van der Waals surface area (Å²) in [5.74, 6) is 0.314. The van der Waals surface area contributed by atoms with Gasteiger partial charge in [-0.2, -0.15) is 0 Å². The van der Waals surface area contributed by atoms with Gasteiger partial charge in [0.05, 0.1) is 11.1 Å². The van der Waals surface area contributed by atoms with Gasteiger partial charge in [-0.15, -0.1) is 0 Å². The number of aliphatic hydroxyl groups excluding tert-OH is 1. The second-order valence-electron chi connectivity index (χ2n) is 4.52. The predicted molar refractivity (Wildman–Crippen MR) is 77.4 cm³/mol. The third-order valence-corrected chi connectivity index (χ3v) is 3.41. The van der Waals surface area contributed by atoms with E-state index in [1.54, 1.807) is 18.2 Å². The van der Waals surface area contributed by atoms with Crippen molar-refractivity contribution >= 4 is 11.6 Å². The smallest absolute Gasteiger partial charge is 0.124 e. The molecule has 2 nitrogen and oxygen atoms in total. The van der Waals surface area contributed by atoms with Crippen LogP contribution in [0.1, 0.15) is 30.6 Å². The molecule has 0 aliphatic rings. The number of halogens is 2. The van der Waals surface area contributed by atoms with Gasteiger partial charge in [0.2, 0.25) is 0 Å². The van der Waals surface area contributed by atoms with E-state index in [1.165, 1.54) is 12.1 Å². The van der Waals surface area contributed by atoms with Crippen LogP contribution in [0.15, 0.2) is 42.5 Å². The van der Waals surface area contributed by atoms with Crippen molar-refractivity contribution in [2.75, 3.05) is 0 Å². The van der Waals surface area contributed by atoms with E-state index in [2.05, 4.69) is 0 Å². The second kappa shape index (κ2) is 6.73. The van der Waals surface area contributed by atoms with Crippen LogP contribution in [0.3, 0.4) is 0 Å². The molecule has 20 heavy (non-hydrogen) atoms. The Morgan fingerprint density at radius 3 is 2.50 bits per heavy atom. The summed E-state index contributed by atoms with van der Waals surface area (Å²) in [7, 11) is 0. The zero-order valence-corrected chi connectivity index (χ0v) is 11.9. The Morgan fingerprint density at radius 1 is 1.20 bits per heavy atom. The molecule has 0 radical (unpaired) electrons. The normalized spacial score (nSPS) is 12.2. The van der Waals surface area contributed by atoms with Crippen molar-refractivity contribution in [3.63, 3.8) is 0 Å². The molecule has 0 unspecified atom stereocenters. The van der Waals surface area contributed by atoms with Gasteiger partial charge in [-0.25, -0.2) is 4.39 Å². The highest BCUT2D eigenvalue weighted by molar-refractivity contribution is 6.31. The van der Waals surface area contributed by atoms with Gasteiger partial charge in [-0.3, -0.25) is 0 Å². The zero-order chi connectivity index (χ0) is 14.5. The van der Waals surface area contributed by atoms with Crippen LogP contribution in [0, 0.1) is 5.82 Å². The summed E-state index contributed by atoms with van der Waals surface area (Å²) in [4.78, 5) is 0. The van der Waals surface area contributed by atoms with Crippen LogP contribution in [-0.4, -0.2) is 5.11 Å². The summed E-state index contributed by atoms with van der Waals surface area (Å²) in [6, 6.07) is 11.5. The van der Waals surface area contributed by atoms with Crippen LogP contribution in [0.25, 0.3) is 0 Å². The van der Waals surface area contributed by atoms with Gasteiger partial charge >= 0.3 is 0 Å². The molecule has 1 atom stereocenters. The fourth-order valence-corrected chi connectivity index (χ4v) is 2.04. The van der Waals surface area contributed by atoms with Gasteiger partial charge < -0.3 is 9.84 Å². The number of hydrogen-bond acceptors (Lipinski definition) is 2. The van der Waals surface area contributed by atoms with Crippen molar-refractivity contribution in [1.29, 1.82) is 0 Å². The highest BCUT2D eigenvalue weighted by atomic mass is 35.5. The maximum absolute atomic E-state index is 12.9. The average Bonchev–Trinajstić information content (AvgIpc) is 2.46. The molecule has 0 aliphatic heterocycles. The molecule has 0 bridgehead atoms. The van der Waals surface area contributed by atoms with E-state index in [1.807, 2.05) is 19.1 Å². The number of benzene rings is 2. The molecule has 0 heterocycles. The molecule has 2 aromatic carbocycles. The van der Waals surface area contributed by atoms with E-state index in [9.17, 15) is 9.50 Å². The Kier molecular flexibility index (Phi) is 4.99. The van der Waals surface area contributed by atoms with Crippen LogP contribution in [0.5, 0.6) is 5.75 Å². The maximum atomic E-state index is 12.9. The summed E-state index contributed by atoms with van der Waals surface area (Å²) >= 11 is 5.93. The lowest BCUT2D eigenvalue weighted by Crippen LogP contribution is -1.98. The van der Waals surface area contributed by atoms with Crippen molar-refractivity contribution in [2.45, 2.75) is 26.1 Å². The van der Waals surface area contributed by atoms with Gasteiger partial charge in [-0.1, -0.05) is 36.7 Å². The third-order valence-electron chi connectivity index (χ3n) is 3.06. The first-order valence-corrected chi connectivity index (χ1v) is 6.82. The number of hydrogen-bond donors (Lipinski definition) is 1. The minimum atomic E-state index is -0.449. The predicted octanol–water partition coefficient (Wildman–Crippen LogP) is 4.50. The zero-order valence-electron chi connectivity index (χ0n) is 11.1. The molecule has 2 rings (SSSR count). The van der Waals surface area contributed by atoms with E-state index in [4.69, 9.17) is 16.3 Å². The standard InChI is InChI=1S/C16H16ClFO2/c1-2-16(19)11-4-7-14(8-5-11)20-10-12-3-6-13(18)9-15(12)17/h3-9,16,19H,2,10H2,1H3/t16-/m1/s1. The van der Waals surface area contributed by atoms with Gasteiger partial charge in [0.15, 0.2) is 0 Å². The Morgan fingerprint density at radius 2 is 1.90 bits per heavy atom. The van der Waals surface area contributed by atoms with E-state index < -0.39 is 6.10 Å². The monoisotopic (exact) mass is 294 g/mol. The molecule has 106 valence electrons. The second-order valence-corrected chi connectivity index (χ2v) is 4.92. The van der Waals surface area contributed by atoms with Crippen LogP contribution in [-0.2, 0) is 6.61 Å². The van der Waals surface area contributed by atoms with Crippen LogP contribution in [0.2, 0.25) is 5.02 Å². The lowest BCUT2D eigenvalue weighted by atomic mass is 10.1. The van der Waals surface area contributed by atoms with Gasteiger partial charge in [0, 0.05) is 5.56 Å². The van der Waals surface area contributed by atoms with Crippen molar-refractivity contribution in [3.8, 4) is 5.75 Å². The van der Waals surface area contributed by atoms with Crippen molar-refractivity contribution in [2.24, 2.45) is 0 Å². The Hall–Kier alpha value is -1.58. The molecule has 0 aromatic heterocycles. The molecule has 0 spiro atoms. The summed E-state index contributed by atoms with van der Waals surface area (Å²) in [6.07, 6.45) is 0.223. The highest BCUT2D eigenvalue weighted by Gasteiger charge is 2.06. The molecule has 0 saturated carbocycles. The first-order valence-electron chi connectivity index (χ1n) is 6.45. The van der Waals surface area contributed by atoms with Crippen molar-refractivity contribution < 1.29 is 14.2 Å². The number of rotatable bonds is 5. The van der Waals surface area contributed by atoms with Crippen LogP contribution < -0.4 is 4.74 Å². The fourth-order valence-electron chi connectivity index (χ4n) is 1.82. The summed E-state index contributed by atoms with van der Waals surface area (Å²) < 4.78 is 18.5. The molecule has 4 heteroatoms. The topological polar surface area (TPSA) is 29.5 Å². The first-order chi connectivity index (χ1) is 9.60. The van der Waals surface area contributed by atoms with E-state index >= 15 is 0 Å². The number of aliphatic hydroxyl groups is 1. The Bertz CT molecular complexity index is 569. The average molecular weight is 295 g/mol. The maximum Gasteiger partial charge on any atom is 0.124 e. The molecule has 0 saturated heterocycles. The van der Waals surface area contributed by atoms with Gasteiger partial charge in [0.1, 0.15) is 18.2 Å². The quantitative estimate of drug-likeness (QED) is 0.879. The van der Waals surface area contributed by atoms with E-state index in [0.29, 0.717) is 17.2 Å². The Balaban J connectivity index is 2.00. The minimum Gasteiger partial charge on any atom is -0.489 e. The first kappa shape index (κ1) is 14.8. The largest absolute Gasteiger partial charge is 0.489 e. The van der Waals surface area contributed by atoms with Crippen LogP contribution in [0.4, 0.5) is 4.39 Å². The Labute approximate surface area is 122 Å². The van der Waals surface area contributed by atoms with Gasteiger partial charge in [0.25, 0.3) is 0 Å². The lowest BCUT2D eigenvalue weighted by Gasteiger charge is -2.11.